The van der Waals surface area contributed by atoms with Crippen molar-refractivity contribution in [2.75, 3.05) is 13.7 Å². The summed E-state index contributed by atoms with van der Waals surface area (Å²) < 4.78 is 6.92. The predicted octanol–water partition coefficient (Wildman–Crippen LogP) is 1.91. The zero-order valence-electron chi connectivity index (χ0n) is 13.7. The van der Waals surface area contributed by atoms with Crippen molar-refractivity contribution in [1.82, 2.24) is 24.6 Å². The number of hydrogen-bond acceptors (Lipinski definition) is 4. The molecule has 124 valence electrons. The number of fused-ring (bicyclic) bond motifs is 3. The van der Waals surface area contributed by atoms with Gasteiger partial charge in [0, 0.05) is 41.7 Å². The van der Waals surface area contributed by atoms with E-state index in [-0.39, 0.29) is 11.9 Å². The summed E-state index contributed by atoms with van der Waals surface area (Å²) in [5.41, 5.74) is 3.46. The van der Waals surface area contributed by atoms with Crippen molar-refractivity contribution < 1.29 is 9.53 Å². The highest BCUT2D eigenvalue weighted by atomic mass is 16.5. The first-order chi connectivity index (χ1) is 11.7. The first-order valence-electron chi connectivity index (χ1n) is 7.97. The van der Waals surface area contributed by atoms with E-state index >= 15 is 0 Å². The van der Waals surface area contributed by atoms with E-state index in [0.717, 1.165) is 23.1 Å². The van der Waals surface area contributed by atoms with Gasteiger partial charge in [-0.15, -0.1) is 0 Å². The lowest BCUT2D eigenvalue weighted by atomic mass is 10.0. The Bertz CT molecular complexity index is 884. The molecule has 7 nitrogen and oxygen atoms in total. The number of hydrogen-bond donors (Lipinski definition) is 1. The average molecular weight is 325 g/mol. The predicted molar refractivity (Wildman–Crippen MR) is 88.7 cm³/mol. The molecule has 0 fully saturated rings. The standard InChI is InChI=1S/C17H19N5O2/c1-11(22-10-18-9-19-22)17(23)21-6-5-16-14(8-21)13-7-12(24-2)3-4-15(13)20-16/h3-4,7,9-11,20H,5-6,8H2,1-2H3. The number of benzene rings is 1. The van der Waals surface area contributed by atoms with Gasteiger partial charge in [0.2, 0.25) is 5.91 Å². The molecule has 3 heterocycles. The second kappa shape index (κ2) is 5.67. The summed E-state index contributed by atoms with van der Waals surface area (Å²) in [7, 11) is 1.66. The average Bonchev–Trinajstić information content (AvgIpc) is 3.27. The van der Waals surface area contributed by atoms with Crippen LogP contribution in [0.25, 0.3) is 10.9 Å². The molecule has 4 rings (SSSR count). The summed E-state index contributed by atoms with van der Waals surface area (Å²) in [6, 6.07) is 5.64. The van der Waals surface area contributed by atoms with Gasteiger partial charge in [0.05, 0.1) is 7.11 Å². The molecule has 3 aromatic rings. The molecular weight excluding hydrogens is 306 g/mol. The molecule has 0 bridgehead atoms. The Morgan fingerprint density at radius 3 is 3.04 bits per heavy atom. The minimum Gasteiger partial charge on any atom is -0.497 e. The molecule has 2 aromatic heterocycles. The molecule has 0 aliphatic carbocycles. The summed E-state index contributed by atoms with van der Waals surface area (Å²) in [5, 5.41) is 5.19. The monoisotopic (exact) mass is 325 g/mol. The zero-order valence-corrected chi connectivity index (χ0v) is 13.7. The van der Waals surface area contributed by atoms with E-state index < -0.39 is 0 Å². The lowest BCUT2D eigenvalue weighted by Crippen LogP contribution is -2.39. The molecular formula is C17H19N5O2. The van der Waals surface area contributed by atoms with Gasteiger partial charge >= 0.3 is 0 Å². The van der Waals surface area contributed by atoms with E-state index in [1.54, 1.807) is 18.1 Å². The lowest BCUT2D eigenvalue weighted by molar-refractivity contribution is -0.135. The summed E-state index contributed by atoms with van der Waals surface area (Å²) in [5.74, 6) is 0.882. The Morgan fingerprint density at radius 2 is 2.29 bits per heavy atom. The molecule has 1 N–H and O–H groups in total. The van der Waals surface area contributed by atoms with Crippen LogP contribution in [0.1, 0.15) is 24.2 Å². The Kier molecular flexibility index (Phi) is 3.48. The van der Waals surface area contributed by atoms with Crippen molar-refractivity contribution >= 4 is 16.8 Å². The highest BCUT2D eigenvalue weighted by Gasteiger charge is 2.28. The van der Waals surface area contributed by atoms with Crippen LogP contribution in [0.5, 0.6) is 5.75 Å². The molecule has 1 unspecified atom stereocenters. The topological polar surface area (TPSA) is 76.0 Å². The highest BCUT2D eigenvalue weighted by molar-refractivity contribution is 5.87. The lowest BCUT2D eigenvalue weighted by Gasteiger charge is -2.29. The third kappa shape index (κ3) is 2.33. The quantitative estimate of drug-likeness (QED) is 0.798. The Labute approximate surface area is 139 Å². The van der Waals surface area contributed by atoms with Crippen molar-refractivity contribution in [3.8, 4) is 5.75 Å². The number of nitrogens with zero attached hydrogens (tertiary/aromatic N) is 4. The SMILES string of the molecule is COc1ccc2[nH]c3c(c2c1)CN(C(=O)C(C)n1cncn1)CC3. The minimum atomic E-state index is -0.353. The van der Waals surface area contributed by atoms with Crippen molar-refractivity contribution in [3.05, 3.63) is 42.1 Å². The fourth-order valence-corrected chi connectivity index (χ4v) is 3.30. The first kappa shape index (κ1) is 14.7. The van der Waals surface area contributed by atoms with Gasteiger partial charge in [-0.25, -0.2) is 9.67 Å². The number of amides is 1. The van der Waals surface area contributed by atoms with E-state index in [4.69, 9.17) is 4.74 Å². The Morgan fingerprint density at radius 1 is 1.42 bits per heavy atom. The minimum absolute atomic E-state index is 0.0587. The number of rotatable bonds is 3. The molecule has 0 saturated heterocycles. The van der Waals surface area contributed by atoms with Crippen LogP contribution in [-0.4, -0.2) is 44.2 Å². The number of ether oxygens (including phenoxy) is 1. The molecule has 1 amide bonds. The Hall–Kier alpha value is -2.83. The summed E-state index contributed by atoms with van der Waals surface area (Å²) in [4.78, 5) is 22.1. The molecule has 0 radical (unpaired) electrons. The molecule has 7 heteroatoms. The highest BCUT2D eigenvalue weighted by Crippen LogP contribution is 2.31. The fraction of sp³-hybridized carbons (Fsp3) is 0.353. The number of carbonyl (C=O) groups excluding carboxylic acids is 1. The second-order valence-corrected chi connectivity index (χ2v) is 6.05. The molecule has 1 atom stereocenters. The molecule has 1 aliphatic heterocycles. The molecule has 0 spiro atoms. The van der Waals surface area contributed by atoms with Gasteiger partial charge in [0.1, 0.15) is 24.4 Å². The van der Waals surface area contributed by atoms with Crippen LogP contribution in [0, 0.1) is 0 Å². The number of aromatic amines is 1. The number of carbonyl (C=O) groups is 1. The molecule has 1 aromatic carbocycles. The van der Waals surface area contributed by atoms with Gasteiger partial charge in [-0.05, 0) is 25.1 Å². The van der Waals surface area contributed by atoms with Gasteiger partial charge in [0.15, 0.2) is 0 Å². The third-order valence-electron chi connectivity index (χ3n) is 4.68. The summed E-state index contributed by atoms with van der Waals surface area (Å²) in [6.07, 6.45) is 3.85. The van der Waals surface area contributed by atoms with Crippen molar-refractivity contribution in [2.24, 2.45) is 0 Å². The maximum atomic E-state index is 12.8. The largest absolute Gasteiger partial charge is 0.497 e. The molecule has 1 aliphatic rings. The van der Waals surface area contributed by atoms with Crippen LogP contribution in [0.15, 0.2) is 30.9 Å². The van der Waals surface area contributed by atoms with Crippen molar-refractivity contribution in [3.63, 3.8) is 0 Å². The van der Waals surface area contributed by atoms with Crippen molar-refractivity contribution in [1.29, 1.82) is 0 Å². The maximum absolute atomic E-state index is 12.8. The second-order valence-electron chi connectivity index (χ2n) is 6.05. The van der Waals surface area contributed by atoms with Crippen LogP contribution in [0.3, 0.4) is 0 Å². The third-order valence-corrected chi connectivity index (χ3v) is 4.68. The number of nitrogens with one attached hydrogen (secondary N) is 1. The molecule has 24 heavy (non-hydrogen) atoms. The van der Waals surface area contributed by atoms with E-state index in [0.29, 0.717) is 13.1 Å². The van der Waals surface area contributed by atoms with E-state index in [1.165, 1.54) is 17.6 Å². The van der Waals surface area contributed by atoms with Gasteiger partial charge in [-0.3, -0.25) is 4.79 Å². The molecule has 0 saturated carbocycles. The smallest absolute Gasteiger partial charge is 0.247 e. The van der Waals surface area contributed by atoms with Gasteiger partial charge in [0.25, 0.3) is 0 Å². The Balaban J connectivity index is 1.64. The maximum Gasteiger partial charge on any atom is 0.247 e. The number of methoxy groups -OCH3 is 1. The van der Waals surface area contributed by atoms with E-state index in [9.17, 15) is 4.79 Å². The van der Waals surface area contributed by atoms with Crippen LogP contribution >= 0.6 is 0 Å². The first-order valence-corrected chi connectivity index (χ1v) is 7.97. The number of aromatic nitrogens is 4. The van der Waals surface area contributed by atoms with Crippen molar-refractivity contribution in [2.45, 2.75) is 25.9 Å². The van der Waals surface area contributed by atoms with Gasteiger partial charge in [-0.1, -0.05) is 0 Å². The zero-order chi connectivity index (χ0) is 16.7. The summed E-state index contributed by atoms with van der Waals surface area (Å²) >= 11 is 0. The van der Waals surface area contributed by atoms with E-state index in [2.05, 4.69) is 15.1 Å². The van der Waals surface area contributed by atoms with E-state index in [1.807, 2.05) is 30.0 Å². The normalized spacial score (nSPS) is 15.3. The van der Waals surface area contributed by atoms with Crippen LogP contribution in [0.2, 0.25) is 0 Å². The van der Waals surface area contributed by atoms with Gasteiger partial charge in [-0.2, -0.15) is 5.10 Å². The van der Waals surface area contributed by atoms with Crippen LogP contribution < -0.4 is 4.74 Å². The number of H-pyrrole nitrogens is 1. The van der Waals surface area contributed by atoms with Crippen LogP contribution in [0.4, 0.5) is 0 Å². The van der Waals surface area contributed by atoms with Gasteiger partial charge < -0.3 is 14.6 Å². The summed E-state index contributed by atoms with van der Waals surface area (Å²) in [6.45, 7) is 3.15. The fourth-order valence-electron chi connectivity index (χ4n) is 3.30. The van der Waals surface area contributed by atoms with Crippen LogP contribution in [-0.2, 0) is 17.8 Å².